The summed E-state index contributed by atoms with van der Waals surface area (Å²) < 4.78 is 5.64. The molecule has 0 aromatic rings. The number of nitrogens with one attached hydrogen (secondary N) is 1. The van der Waals surface area contributed by atoms with E-state index in [4.69, 9.17) is 4.74 Å². The van der Waals surface area contributed by atoms with Crippen LogP contribution in [0.3, 0.4) is 0 Å². The first-order valence-electron chi connectivity index (χ1n) is 5.74. The summed E-state index contributed by atoms with van der Waals surface area (Å²) in [5, 5.41) is 12.8. The molecule has 0 aliphatic heterocycles. The van der Waals surface area contributed by atoms with Crippen molar-refractivity contribution in [2.24, 2.45) is 0 Å². The lowest BCUT2D eigenvalue weighted by atomic mass is 9.80. The van der Waals surface area contributed by atoms with Crippen LogP contribution in [0.5, 0.6) is 0 Å². The van der Waals surface area contributed by atoms with Gasteiger partial charge in [0.25, 0.3) is 0 Å². The van der Waals surface area contributed by atoms with Crippen LogP contribution in [0.15, 0.2) is 0 Å². The van der Waals surface area contributed by atoms with Gasteiger partial charge in [-0.3, -0.25) is 0 Å². The van der Waals surface area contributed by atoms with Gasteiger partial charge in [-0.2, -0.15) is 0 Å². The molecule has 1 aliphatic carbocycles. The predicted octanol–water partition coefficient (Wildman–Crippen LogP) is 1.31. The maximum absolute atomic E-state index is 9.44. The van der Waals surface area contributed by atoms with Crippen LogP contribution in [-0.4, -0.2) is 36.5 Å². The highest BCUT2D eigenvalue weighted by molar-refractivity contribution is 4.93. The van der Waals surface area contributed by atoms with Crippen molar-refractivity contribution in [1.29, 1.82) is 0 Å². The molecule has 0 heterocycles. The first kappa shape index (κ1) is 12.0. The predicted molar refractivity (Wildman–Crippen MR) is 57.4 cm³/mol. The molecule has 84 valence electrons. The molecular weight excluding hydrogens is 178 g/mol. The molecule has 14 heavy (non-hydrogen) atoms. The Morgan fingerprint density at radius 3 is 2.86 bits per heavy atom. The standard InChI is InChI=1S/C11H23NO2/c1-3-12-11(9-13)7-5-6-10(8-11)14-4-2/h10,12-13H,3-9H2,1-2H3. The number of likely N-dealkylation sites (N-methyl/N-ethyl adjacent to an activating group) is 1. The first-order valence-corrected chi connectivity index (χ1v) is 5.74. The lowest BCUT2D eigenvalue weighted by Crippen LogP contribution is -2.53. The zero-order valence-electron chi connectivity index (χ0n) is 9.38. The SMILES string of the molecule is CCNC1(CO)CCCC(OCC)C1. The summed E-state index contributed by atoms with van der Waals surface area (Å²) in [5.74, 6) is 0. The number of aliphatic hydroxyl groups excluding tert-OH is 1. The van der Waals surface area contributed by atoms with Crippen LogP contribution in [0.4, 0.5) is 0 Å². The second-order valence-corrected chi connectivity index (χ2v) is 4.14. The fourth-order valence-electron chi connectivity index (χ4n) is 2.42. The first-order chi connectivity index (χ1) is 6.76. The van der Waals surface area contributed by atoms with Gasteiger partial charge in [0.15, 0.2) is 0 Å². The van der Waals surface area contributed by atoms with Gasteiger partial charge in [-0.25, -0.2) is 0 Å². The van der Waals surface area contributed by atoms with Crippen molar-refractivity contribution in [3.63, 3.8) is 0 Å². The molecule has 1 fully saturated rings. The van der Waals surface area contributed by atoms with Crippen molar-refractivity contribution >= 4 is 0 Å². The number of ether oxygens (including phenoxy) is 1. The van der Waals surface area contributed by atoms with E-state index in [1.807, 2.05) is 6.92 Å². The Morgan fingerprint density at radius 1 is 1.50 bits per heavy atom. The number of hydrogen-bond donors (Lipinski definition) is 2. The highest BCUT2D eigenvalue weighted by Gasteiger charge is 2.35. The molecule has 0 aromatic carbocycles. The van der Waals surface area contributed by atoms with E-state index in [2.05, 4.69) is 12.2 Å². The van der Waals surface area contributed by atoms with E-state index in [1.54, 1.807) is 0 Å². The Hall–Kier alpha value is -0.120. The van der Waals surface area contributed by atoms with E-state index in [0.29, 0.717) is 6.10 Å². The summed E-state index contributed by atoms with van der Waals surface area (Å²) in [6, 6.07) is 0. The van der Waals surface area contributed by atoms with Crippen molar-refractivity contribution < 1.29 is 9.84 Å². The Labute approximate surface area is 86.8 Å². The molecule has 0 bridgehead atoms. The van der Waals surface area contributed by atoms with Crippen molar-refractivity contribution in [3.8, 4) is 0 Å². The van der Waals surface area contributed by atoms with Gasteiger partial charge in [-0.15, -0.1) is 0 Å². The Kier molecular flexibility index (Phi) is 4.85. The fourth-order valence-corrected chi connectivity index (χ4v) is 2.42. The number of aliphatic hydroxyl groups is 1. The van der Waals surface area contributed by atoms with Crippen LogP contribution in [0.25, 0.3) is 0 Å². The summed E-state index contributed by atoms with van der Waals surface area (Å²) in [5.41, 5.74) is -0.0766. The summed E-state index contributed by atoms with van der Waals surface area (Å²) in [6.45, 7) is 6.03. The third-order valence-corrected chi connectivity index (χ3v) is 3.06. The second-order valence-electron chi connectivity index (χ2n) is 4.14. The quantitative estimate of drug-likeness (QED) is 0.704. The lowest BCUT2D eigenvalue weighted by molar-refractivity contribution is -0.0100. The third kappa shape index (κ3) is 2.94. The van der Waals surface area contributed by atoms with Gasteiger partial charge in [0, 0.05) is 12.1 Å². The topological polar surface area (TPSA) is 41.5 Å². The van der Waals surface area contributed by atoms with Gasteiger partial charge in [0.2, 0.25) is 0 Å². The van der Waals surface area contributed by atoms with Crippen LogP contribution in [0.1, 0.15) is 39.5 Å². The van der Waals surface area contributed by atoms with Gasteiger partial charge < -0.3 is 15.2 Å². The molecule has 2 atom stereocenters. The third-order valence-electron chi connectivity index (χ3n) is 3.06. The van der Waals surface area contributed by atoms with Crippen molar-refractivity contribution in [2.45, 2.75) is 51.2 Å². The molecule has 0 saturated heterocycles. The Morgan fingerprint density at radius 2 is 2.29 bits per heavy atom. The van der Waals surface area contributed by atoms with Gasteiger partial charge in [0.05, 0.1) is 12.7 Å². The highest BCUT2D eigenvalue weighted by Crippen LogP contribution is 2.29. The summed E-state index contributed by atoms with van der Waals surface area (Å²) in [7, 11) is 0. The Bertz CT molecular complexity index is 157. The lowest BCUT2D eigenvalue weighted by Gasteiger charge is -2.40. The molecule has 1 aliphatic rings. The zero-order valence-corrected chi connectivity index (χ0v) is 9.38. The monoisotopic (exact) mass is 201 g/mol. The number of hydrogen-bond acceptors (Lipinski definition) is 3. The van der Waals surface area contributed by atoms with Gasteiger partial charge >= 0.3 is 0 Å². The zero-order chi connectivity index (χ0) is 10.4. The maximum atomic E-state index is 9.44. The molecule has 0 amide bonds. The molecular formula is C11H23NO2. The molecule has 0 spiro atoms. The molecule has 0 aromatic heterocycles. The largest absolute Gasteiger partial charge is 0.394 e. The smallest absolute Gasteiger partial charge is 0.0614 e. The molecule has 3 nitrogen and oxygen atoms in total. The Balaban J connectivity index is 2.49. The normalized spacial score (nSPS) is 33.2. The molecule has 3 heteroatoms. The minimum atomic E-state index is -0.0766. The molecule has 0 radical (unpaired) electrons. The van der Waals surface area contributed by atoms with Crippen molar-refractivity contribution in [3.05, 3.63) is 0 Å². The highest BCUT2D eigenvalue weighted by atomic mass is 16.5. The summed E-state index contributed by atoms with van der Waals surface area (Å²) in [4.78, 5) is 0. The van der Waals surface area contributed by atoms with Crippen LogP contribution >= 0.6 is 0 Å². The van der Waals surface area contributed by atoms with E-state index in [1.165, 1.54) is 0 Å². The average Bonchev–Trinajstić information content (AvgIpc) is 2.19. The molecule has 2 N–H and O–H groups in total. The summed E-state index contributed by atoms with van der Waals surface area (Å²) in [6.07, 6.45) is 4.64. The van der Waals surface area contributed by atoms with Crippen LogP contribution in [-0.2, 0) is 4.74 Å². The average molecular weight is 201 g/mol. The van der Waals surface area contributed by atoms with E-state index < -0.39 is 0 Å². The minimum absolute atomic E-state index is 0.0766. The van der Waals surface area contributed by atoms with Crippen LogP contribution in [0.2, 0.25) is 0 Å². The van der Waals surface area contributed by atoms with E-state index in [9.17, 15) is 5.11 Å². The maximum Gasteiger partial charge on any atom is 0.0614 e. The van der Waals surface area contributed by atoms with Crippen LogP contribution < -0.4 is 5.32 Å². The van der Waals surface area contributed by atoms with Gasteiger partial charge in [-0.05, 0) is 39.2 Å². The number of rotatable bonds is 5. The molecule has 1 rings (SSSR count). The van der Waals surface area contributed by atoms with Crippen molar-refractivity contribution in [2.75, 3.05) is 19.8 Å². The molecule has 2 unspecified atom stereocenters. The molecule has 1 saturated carbocycles. The van der Waals surface area contributed by atoms with E-state index in [-0.39, 0.29) is 12.1 Å². The minimum Gasteiger partial charge on any atom is -0.394 e. The van der Waals surface area contributed by atoms with Gasteiger partial charge in [0.1, 0.15) is 0 Å². The van der Waals surface area contributed by atoms with E-state index >= 15 is 0 Å². The fraction of sp³-hybridized carbons (Fsp3) is 1.00. The van der Waals surface area contributed by atoms with E-state index in [0.717, 1.165) is 38.8 Å². The summed E-state index contributed by atoms with van der Waals surface area (Å²) >= 11 is 0. The second kappa shape index (κ2) is 5.69. The van der Waals surface area contributed by atoms with Crippen molar-refractivity contribution in [1.82, 2.24) is 5.32 Å². The van der Waals surface area contributed by atoms with Gasteiger partial charge in [-0.1, -0.05) is 6.92 Å². The van der Waals surface area contributed by atoms with Crippen LogP contribution in [0, 0.1) is 0 Å².